The average molecular weight is 289 g/mol. The van der Waals surface area contributed by atoms with Gasteiger partial charge in [-0.3, -0.25) is 24.8 Å². The zero-order valence-corrected chi connectivity index (χ0v) is 10.7. The van der Waals surface area contributed by atoms with Crippen molar-refractivity contribution in [1.29, 1.82) is 0 Å². The molecule has 1 aromatic carbocycles. The van der Waals surface area contributed by atoms with Crippen LogP contribution in [0.25, 0.3) is 0 Å². The van der Waals surface area contributed by atoms with E-state index in [4.69, 9.17) is 0 Å². The minimum absolute atomic E-state index is 0.0367. The fourth-order valence-corrected chi connectivity index (χ4v) is 1.58. The van der Waals surface area contributed by atoms with E-state index in [1.807, 2.05) is 0 Å². The number of non-ortho nitro benzene ring substituents is 1. The minimum Gasteiger partial charge on any atom is -0.302 e. The molecule has 2 rings (SSSR count). The SMILES string of the molecule is O=C(Cc1cc(=O)[nH][nH]1)NN=Cc1cccc([N+](=O)[O-])c1. The van der Waals surface area contributed by atoms with E-state index in [0.717, 1.165) is 0 Å². The van der Waals surface area contributed by atoms with Gasteiger partial charge < -0.3 is 5.10 Å². The van der Waals surface area contributed by atoms with Gasteiger partial charge in [-0.25, -0.2) is 5.43 Å². The summed E-state index contributed by atoms with van der Waals surface area (Å²) in [5.41, 5.74) is 2.80. The second-order valence-corrected chi connectivity index (χ2v) is 4.11. The van der Waals surface area contributed by atoms with Crippen molar-refractivity contribution in [3.05, 3.63) is 62.1 Å². The van der Waals surface area contributed by atoms with Crippen LogP contribution in [0.4, 0.5) is 5.69 Å². The number of amides is 1. The van der Waals surface area contributed by atoms with Crippen LogP contribution in [0.3, 0.4) is 0 Å². The molecule has 1 amide bonds. The summed E-state index contributed by atoms with van der Waals surface area (Å²) >= 11 is 0. The van der Waals surface area contributed by atoms with Crippen molar-refractivity contribution >= 4 is 17.8 Å². The molecular formula is C12H11N5O4. The number of nitro groups is 1. The summed E-state index contributed by atoms with van der Waals surface area (Å²) in [6.45, 7) is 0. The van der Waals surface area contributed by atoms with Gasteiger partial charge in [0.05, 0.1) is 17.6 Å². The Morgan fingerprint density at radius 2 is 2.19 bits per heavy atom. The number of benzene rings is 1. The van der Waals surface area contributed by atoms with Gasteiger partial charge in [0.25, 0.3) is 11.2 Å². The zero-order valence-electron chi connectivity index (χ0n) is 10.7. The molecule has 0 bridgehead atoms. The number of H-pyrrole nitrogens is 2. The number of aromatic nitrogens is 2. The first-order chi connectivity index (χ1) is 10.0. The van der Waals surface area contributed by atoms with Crippen LogP contribution >= 0.6 is 0 Å². The third-order valence-corrected chi connectivity index (χ3v) is 2.49. The molecule has 9 nitrogen and oxygen atoms in total. The normalized spacial score (nSPS) is 10.7. The van der Waals surface area contributed by atoms with Gasteiger partial charge in [-0.05, 0) is 0 Å². The third-order valence-electron chi connectivity index (χ3n) is 2.49. The molecule has 1 heterocycles. The van der Waals surface area contributed by atoms with Crippen molar-refractivity contribution in [2.75, 3.05) is 0 Å². The predicted molar refractivity (Wildman–Crippen MR) is 74.0 cm³/mol. The van der Waals surface area contributed by atoms with Crippen molar-refractivity contribution in [2.45, 2.75) is 6.42 Å². The molecule has 0 atom stereocenters. The molecule has 0 radical (unpaired) electrons. The van der Waals surface area contributed by atoms with Crippen molar-refractivity contribution in [3.8, 4) is 0 Å². The third kappa shape index (κ3) is 4.13. The molecule has 108 valence electrons. The highest BCUT2D eigenvalue weighted by atomic mass is 16.6. The van der Waals surface area contributed by atoms with Gasteiger partial charge in [0.1, 0.15) is 0 Å². The lowest BCUT2D eigenvalue weighted by atomic mass is 10.2. The topological polar surface area (TPSA) is 133 Å². The number of rotatable bonds is 5. The van der Waals surface area contributed by atoms with Gasteiger partial charge in [-0.2, -0.15) is 5.10 Å². The first kappa shape index (κ1) is 14.2. The smallest absolute Gasteiger partial charge is 0.270 e. The van der Waals surface area contributed by atoms with Crippen LogP contribution in [-0.2, 0) is 11.2 Å². The maximum Gasteiger partial charge on any atom is 0.270 e. The van der Waals surface area contributed by atoms with E-state index in [9.17, 15) is 19.7 Å². The lowest BCUT2D eigenvalue weighted by molar-refractivity contribution is -0.384. The maximum absolute atomic E-state index is 11.5. The number of nitrogens with one attached hydrogen (secondary N) is 3. The molecule has 3 N–H and O–H groups in total. The molecule has 21 heavy (non-hydrogen) atoms. The largest absolute Gasteiger partial charge is 0.302 e. The van der Waals surface area contributed by atoms with E-state index in [-0.39, 0.29) is 17.7 Å². The average Bonchev–Trinajstić information content (AvgIpc) is 2.84. The van der Waals surface area contributed by atoms with Crippen LogP contribution in [0.1, 0.15) is 11.3 Å². The number of carbonyl (C=O) groups excluding carboxylic acids is 1. The number of hydrogen-bond donors (Lipinski definition) is 3. The number of nitrogens with zero attached hydrogens (tertiary/aromatic N) is 2. The van der Waals surface area contributed by atoms with E-state index in [1.165, 1.54) is 30.5 Å². The highest BCUT2D eigenvalue weighted by Gasteiger charge is 2.05. The van der Waals surface area contributed by atoms with Gasteiger partial charge in [-0.1, -0.05) is 12.1 Å². The number of nitro benzene ring substituents is 1. The monoisotopic (exact) mass is 289 g/mol. The highest BCUT2D eigenvalue weighted by molar-refractivity contribution is 5.83. The van der Waals surface area contributed by atoms with Gasteiger partial charge in [0, 0.05) is 29.5 Å². The molecule has 0 aliphatic rings. The van der Waals surface area contributed by atoms with Crippen molar-refractivity contribution in [2.24, 2.45) is 5.10 Å². The molecule has 0 fully saturated rings. The predicted octanol–water partition coefficient (Wildman–Crippen LogP) is 0.304. The summed E-state index contributed by atoms with van der Waals surface area (Å²) in [5.74, 6) is -0.424. The fraction of sp³-hybridized carbons (Fsp3) is 0.0833. The number of hydrogen-bond acceptors (Lipinski definition) is 5. The Bertz CT molecular complexity index is 746. The van der Waals surface area contributed by atoms with E-state index < -0.39 is 10.8 Å². The molecule has 0 saturated heterocycles. The summed E-state index contributed by atoms with van der Waals surface area (Å²) in [5, 5.41) is 19.1. The first-order valence-corrected chi connectivity index (χ1v) is 5.87. The molecular weight excluding hydrogens is 278 g/mol. The van der Waals surface area contributed by atoms with Crippen LogP contribution in [0.15, 0.2) is 40.2 Å². The summed E-state index contributed by atoms with van der Waals surface area (Å²) in [6.07, 6.45) is 1.26. The molecule has 9 heteroatoms. The van der Waals surface area contributed by atoms with E-state index in [1.54, 1.807) is 6.07 Å². The second-order valence-electron chi connectivity index (χ2n) is 4.11. The molecule has 1 aromatic heterocycles. The van der Waals surface area contributed by atoms with E-state index >= 15 is 0 Å². The van der Waals surface area contributed by atoms with Crippen LogP contribution in [0.2, 0.25) is 0 Å². The van der Waals surface area contributed by atoms with E-state index in [0.29, 0.717) is 11.3 Å². The van der Waals surface area contributed by atoms with Crippen LogP contribution in [0, 0.1) is 10.1 Å². The Morgan fingerprint density at radius 1 is 1.38 bits per heavy atom. The highest BCUT2D eigenvalue weighted by Crippen LogP contribution is 2.11. The number of aromatic amines is 2. The molecule has 0 aliphatic carbocycles. The first-order valence-electron chi connectivity index (χ1n) is 5.87. The summed E-state index contributed by atoms with van der Waals surface area (Å²) in [7, 11) is 0. The summed E-state index contributed by atoms with van der Waals surface area (Å²) in [4.78, 5) is 32.5. The van der Waals surface area contributed by atoms with Crippen LogP contribution in [0.5, 0.6) is 0 Å². The van der Waals surface area contributed by atoms with Crippen molar-refractivity contribution < 1.29 is 9.72 Å². The Labute approximate surface area is 117 Å². The minimum atomic E-state index is -0.516. The molecule has 0 spiro atoms. The van der Waals surface area contributed by atoms with Gasteiger partial charge in [0.2, 0.25) is 5.91 Å². The van der Waals surface area contributed by atoms with Gasteiger partial charge in [0.15, 0.2) is 0 Å². The maximum atomic E-state index is 11.5. The van der Waals surface area contributed by atoms with Gasteiger partial charge >= 0.3 is 0 Å². The summed E-state index contributed by atoms with van der Waals surface area (Å²) in [6, 6.07) is 7.10. The van der Waals surface area contributed by atoms with Gasteiger partial charge in [-0.15, -0.1) is 0 Å². The number of hydrazone groups is 1. The fourth-order valence-electron chi connectivity index (χ4n) is 1.58. The van der Waals surface area contributed by atoms with Crippen molar-refractivity contribution in [3.63, 3.8) is 0 Å². The Balaban J connectivity index is 1.92. The quantitative estimate of drug-likeness (QED) is 0.414. The zero-order chi connectivity index (χ0) is 15.2. The summed E-state index contributed by atoms with van der Waals surface area (Å²) < 4.78 is 0. The Morgan fingerprint density at radius 3 is 2.86 bits per heavy atom. The lowest BCUT2D eigenvalue weighted by Gasteiger charge is -1.97. The molecule has 0 unspecified atom stereocenters. The van der Waals surface area contributed by atoms with Crippen LogP contribution < -0.4 is 11.0 Å². The van der Waals surface area contributed by atoms with Crippen molar-refractivity contribution in [1.82, 2.24) is 15.6 Å². The Hall–Kier alpha value is -3.23. The van der Waals surface area contributed by atoms with E-state index in [2.05, 4.69) is 20.7 Å². The Kier molecular flexibility index (Phi) is 4.24. The molecule has 0 aliphatic heterocycles. The second kappa shape index (κ2) is 6.28. The molecule has 0 saturated carbocycles. The lowest BCUT2D eigenvalue weighted by Crippen LogP contribution is -2.20. The number of carbonyl (C=O) groups is 1. The van der Waals surface area contributed by atoms with Crippen LogP contribution in [-0.4, -0.2) is 27.2 Å². The standard InChI is InChI=1S/C12H11N5O4/c18-11(5-9-6-12(19)16-14-9)15-13-7-8-2-1-3-10(4-8)17(20)21/h1-4,6-7H,5H2,(H,15,18)(H2,14,16,19). The molecule has 2 aromatic rings.